The Labute approximate surface area is 198 Å². The third-order valence-electron chi connectivity index (χ3n) is 5.29. The first kappa shape index (κ1) is 24.2. The smallest absolute Gasteiger partial charge is 0.271 e. The number of nitrogens with one attached hydrogen (secondary N) is 1. The number of anilines is 1. The number of methoxy groups -OCH3 is 1. The highest BCUT2D eigenvalue weighted by molar-refractivity contribution is 6.21. The van der Waals surface area contributed by atoms with Gasteiger partial charge in [-0.2, -0.15) is 0 Å². The average Bonchev–Trinajstić information content (AvgIpc) is 2.80. The summed E-state index contributed by atoms with van der Waals surface area (Å²) < 4.78 is 21.3. The van der Waals surface area contributed by atoms with E-state index in [1.807, 2.05) is 43.3 Å². The van der Waals surface area contributed by atoms with Crippen LogP contribution >= 0.6 is 11.8 Å². The van der Waals surface area contributed by atoms with E-state index in [-0.39, 0.29) is 17.9 Å². The zero-order chi connectivity index (χ0) is 24.1. The van der Waals surface area contributed by atoms with Gasteiger partial charge in [0.15, 0.2) is 6.10 Å². The summed E-state index contributed by atoms with van der Waals surface area (Å²) in [4.78, 5) is 14.9. The fraction of sp³-hybridized carbons (Fsp3) is 0.200. The van der Waals surface area contributed by atoms with Crippen LogP contribution in [0.3, 0.4) is 0 Å². The molecular weight excluding hydrogens is 443 g/mol. The van der Waals surface area contributed by atoms with Gasteiger partial charge in [0.25, 0.3) is 5.91 Å². The van der Waals surface area contributed by atoms with Crippen LogP contribution in [0.2, 0.25) is 0 Å². The zero-order valence-electron chi connectivity index (χ0n) is 18.7. The van der Waals surface area contributed by atoms with Gasteiger partial charge in [0.2, 0.25) is 0 Å². The van der Waals surface area contributed by atoms with Crippen molar-refractivity contribution < 1.29 is 13.9 Å². The van der Waals surface area contributed by atoms with Crippen molar-refractivity contribution in [1.82, 2.24) is 4.42 Å². The van der Waals surface area contributed by atoms with Crippen molar-refractivity contribution in [1.29, 1.82) is 5.41 Å². The van der Waals surface area contributed by atoms with Crippen molar-refractivity contribution in [2.24, 2.45) is 5.73 Å². The summed E-state index contributed by atoms with van der Waals surface area (Å²) in [7, 11) is 5.24. The van der Waals surface area contributed by atoms with Gasteiger partial charge < -0.3 is 15.4 Å². The van der Waals surface area contributed by atoms with Crippen molar-refractivity contribution in [2.45, 2.75) is 12.6 Å². The van der Waals surface area contributed by atoms with Crippen LogP contribution in [-0.4, -0.2) is 37.4 Å². The fourth-order valence-electron chi connectivity index (χ4n) is 3.39. The molecule has 0 aliphatic rings. The minimum Gasteiger partial charge on any atom is -0.384 e. The molecule has 0 aromatic heterocycles. The molecule has 0 saturated heterocycles. The van der Waals surface area contributed by atoms with Gasteiger partial charge in [0.05, 0.1) is 6.54 Å². The van der Waals surface area contributed by atoms with Crippen LogP contribution in [0.5, 0.6) is 0 Å². The van der Waals surface area contributed by atoms with Crippen molar-refractivity contribution in [3.8, 4) is 11.1 Å². The van der Waals surface area contributed by atoms with E-state index >= 15 is 4.39 Å². The lowest BCUT2D eigenvalue weighted by Gasteiger charge is -2.21. The van der Waals surface area contributed by atoms with E-state index < -0.39 is 17.8 Å². The summed E-state index contributed by atoms with van der Waals surface area (Å²) >= 11 is 6.22. The molecular formula is C25H26ClFN4O2. The Balaban J connectivity index is 1.77. The molecule has 3 rings (SSSR count). The molecule has 3 aromatic rings. The van der Waals surface area contributed by atoms with Gasteiger partial charge in [-0.15, -0.1) is 0 Å². The lowest BCUT2D eigenvalue weighted by molar-refractivity contribution is -0.138. The molecule has 0 saturated carbocycles. The summed E-state index contributed by atoms with van der Waals surface area (Å²) in [5, 5.41) is 7.44. The standard InChI is InChI=1S/C25H26ClFN4O2/c1-30(2)20-11-8-17(9-12-20)19-10-13-21(22(27)14-19)23(33-3)25(32)31(26)15-16-4-6-18(7-5-16)24(28)29/h4-14,23H,15H2,1-3H3,(H3,28,29). The second-order valence-electron chi connectivity index (χ2n) is 7.76. The molecule has 33 heavy (non-hydrogen) atoms. The number of halogens is 2. The molecule has 3 N–H and O–H groups in total. The average molecular weight is 469 g/mol. The highest BCUT2D eigenvalue weighted by atomic mass is 35.5. The number of hydrogen-bond donors (Lipinski definition) is 2. The number of carbonyl (C=O) groups excluding carboxylic acids is 1. The maximum Gasteiger partial charge on any atom is 0.271 e. The maximum atomic E-state index is 15.0. The van der Waals surface area contributed by atoms with E-state index in [1.165, 1.54) is 13.2 Å². The molecule has 0 aliphatic heterocycles. The Morgan fingerprint density at radius 3 is 2.18 bits per heavy atom. The second-order valence-corrected chi connectivity index (χ2v) is 8.17. The second kappa shape index (κ2) is 10.5. The summed E-state index contributed by atoms with van der Waals surface area (Å²) in [5.41, 5.74) is 9.45. The van der Waals surface area contributed by atoms with Crippen molar-refractivity contribution in [3.63, 3.8) is 0 Å². The molecule has 0 aliphatic carbocycles. The third kappa shape index (κ3) is 5.69. The number of hydrogen-bond acceptors (Lipinski definition) is 4. The molecule has 6 nitrogen and oxygen atoms in total. The van der Waals surface area contributed by atoms with E-state index in [0.29, 0.717) is 11.1 Å². The molecule has 1 amide bonds. The number of benzene rings is 3. The normalized spacial score (nSPS) is 11.7. The Morgan fingerprint density at radius 1 is 1.06 bits per heavy atom. The number of amides is 1. The number of ether oxygens (including phenoxy) is 1. The van der Waals surface area contributed by atoms with Gasteiger partial charge in [0, 0.05) is 49.8 Å². The summed E-state index contributed by atoms with van der Waals surface area (Å²) in [5.74, 6) is -1.19. The molecule has 1 atom stereocenters. The topological polar surface area (TPSA) is 82.6 Å². The summed E-state index contributed by atoms with van der Waals surface area (Å²) in [6, 6.07) is 19.2. The van der Waals surface area contributed by atoms with Crippen LogP contribution in [0.25, 0.3) is 11.1 Å². The van der Waals surface area contributed by atoms with Gasteiger partial charge in [-0.1, -0.05) is 48.5 Å². The first-order valence-corrected chi connectivity index (χ1v) is 10.6. The fourth-order valence-corrected chi connectivity index (χ4v) is 3.61. The van der Waals surface area contributed by atoms with Crippen molar-refractivity contribution in [3.05, 3.63) is 89.2 Å². The van der Waals surface area contributed by atoms with Crippen LogP contribution in [0.4, 0.5) is 10.1 Å². The van der Waals surface area contributed by atoms with Gasteiger partial charge in [0.1, 0.15) is 11.7 Å². The summed E-state index contributed by atoms with van der Waals surface area (Å²) in [6.07, 6.45) is -1.19. The van der Waals surface area contributed by atoms with Gasteiger partial charge in [-0.3, -0.25) is 10.2 Å². The molecule has 0 fully saturated rings. The Hall–Kier alpha value is -3.42. The highest BCUT2D eigenvalue weighted by Crippen LogP contribution is 2.29. The monoisotopic (exact) mass is 468 g/mol. The molecule has 0 radical (unpaired) electrons. The van der Waals surface area contributed by atoms with Gasteiger partial charge in [-0.05, 0) is 34.9 Å². The molecule has 172 valence electrons. The number of carbonyl (C=O) groups is 1. The molecule has 3 aromatic carbocycles. The molecule has 0 heterocycles. The molecule has 8 heteroatoms. The predicted octanol–water partition coefficient (Wildman–Crippen LogP) is 4.71. The van der Waals surface area contributed by atoms with Crippen LogP contribution < -0.4 is 10.6 Å². The van der Waals surface area contributed by atoms with Crippen molar-refractivity contribution >= 4 is 29.2 Å². The Kier molecular flexibility index (Phi) is 7.68. The van der Waals surface area contributed by atoms with E-state index in [2.05, 4.69) is 0 Å². The lowest BCUT2D eigenvalue weighted by Crippen LogP contribution is -2.29. The van der Waals surface area contributed by atoms with E-state index in [9.17, 15) is 4.79 Å². The number of rotatable bonds is 8. The summed E-state index contributed by atoms with van der Waals surface area (Å²) in [6.45, 7) is 0.0797. The maximum absolute atomic E-state index is 15.0. The molecule has 1 unspecified atom stereocenters. The van der Waals surface area contributed by atoms with Crippen molar-refractivity contribution in [2.75, 3.05) is 26.1 Å². The quantitative estimate of drug-likeness (QED) is 0.285. The molecule has 0 spiro atoms. The minimum absolute atomic E-state index is 0.0487. The highest BCUT2D eigenvalue weighted by Gasteiger charge is 2.28. The number of nitrogen functional groups attached to an aromatic ring is 1. The van der Waals surface area contributed by atoms with Gasteiger partial charge >= 0.3 is 0 Å². The predicted molar refractivity (Wildman–Crippen MR) is 130 cm³/mol. The molecule has 0 bridgehead atoms. The van der Waals surface area contributed by atoms with Crippen LogP contribution in [-0.2, 0) is 16.1 Å². The number of nitrogens with zero attached hydrogens (tertiary/aromatic N) is 2. The SMILES string of the molecule is COC(C(=O)N(Cl)Cc1ccc(C(=N)N)cc1)c1ccc(-c2ccc(N(C)C)cc2)cc1F. The first-order chi connectivity index (χ1) is 15.7. The number of amidine groups is 1. The first-order valence-electron chi connectivity index (χ1n) is 10.2. The minimum atomic E-state index is -1.19. The van der Waals surface area contributed by atoms with E-state index in [1.54, 1.807) is 36.4 Å². The lowest BCUT2D eigenvalue weighted by atomic mass is 10.0. The van der Waals surface area contributed by atoms with E-state index in [4.69, 9.17) is 27.7 Å². The van der Waals surface area contributed by atoms with E-state index in [0.717, 1.165) is 21.2 Å². The van der Waals surface area contributed by atoms with Crippen LogP contribution in [0, 0.1) is 11.2 Å². The van der Waals surface area contributed by atoms with Gasteiger partial charge in [-0.25, -0.2) is 8.81 Å². The Bertz CT molecular complexity index is 1130. The third-order valence-corrected chi connectivity index (χ3v) is 5.57. The zero-order valence-corrected chi connectivity index (χ0v) is 19.4. The Morgan fingerprint density at radius 2 is 1.67 bits per heavy atom. The van der Waals surface area contributed by atoms with Crippen LogP contribution in [0.1, 0.15) is 22.8 Å². The van der Waals surface area contributed by atoms with Crippen LogP contribution in [0.15, 0.2) is 66.7 Å². The largest absolute Gasteiger partial charge is 0.384 e. The number of nitrogens with two attached hydrogens (primary N) is 1.